The van der Waals surface area contributed by atoms with Crippen LogP contribution < -0.4 is 10.6 Å². The minimum atomic E-state index is 0.194. The third-order valence-corrected chi connectivity index (χ3v) is 3.81. The number of hydrogen-bond donors (Lipinski definition) is 1. The molecule has 0 amide bonds. The zero-order valence-corrected chi connectivity index (χ0v) is 13.3. The molecule has 4 nitrogen and oxygen atoms in total. The molecule has 0 aliphatic carbocycles. The Bertz CT molecular complexity index is 384. The molecule has 1 aromatic rings. The first-order valence-electron chi connectivity index (χ1n) is 7.59. The zero-order valence-electron chi connectivity index (χ0n) is 13.3. The number of methoxy groups -OCH3 is 1. The number of nitrogens with zero attached hydrogens (tertiary/aromatic N) is 2. The van der Waals surface area contributed by atoms with Crippen LogP contribution in [0.1, 0.15) is 39.2 Å². The van der Waals surface area contributed by atoms with Gasteiger partial charge in [-0.2, -0.15) is 0 Å². The number of nitrogens with two attached hydrogens (primary N) is 1. The van der Waals surface area contributed by atoms with E-state index in [1.807, 2.05) is 12.3 Å². The van der Waals surface area contributed by atoms with Crippen LogP contribution in [0.2, 0.25) is 0 Å². The van der Waals surface area contributed by atoms with Crippen LogP contribution in [0.25, 0.3) is 0 Å². The molecule has 0 saturated carbocycles. The Morgan fingerprint density at radius 2 is 2.10 bits per heavy atom. The molecule has 2 unspecified atom stereocenters. The van der Waals surface area contributed by atoms with Crippen molar-refractivity contribution in [3.05, 3.63) is 23.9 Å². The van der Waals surface area contributed by atoms with Crippen LogP contribution in [-0.2, 0) is 11.2 Å². The van der Waals surface area contributed by atoms with Gasteiger partial charge in [-0.1, -0.05) is 19.9 Å². The maximum atomic E-state index is 6.11. The number of aromatic nitrogens is 1. The largest absolute Gasteiger partial charge is 0.383 e. The third-order valence-electron chi connectivity index (χ3n) is 3.81. The summed E-state index contributed by atoms with van der Waals surface area (Å²) in [6.07, 6.45) is 4.80. The van der Waals surface area contributed by atoms with Gasteiger partial charge < -0.3 is 15.4 Å². The summed E-state index contributed by atoms with van der Waals surface area (Å²) in [6, 6.07) is 4.77. The first-order chi connectivity index (χ1) is 9.63. The van der Waals surface area contributed by atoms with Gasteiger partial charge in [0.1, 0.15) is 5.82 Å². The topological polar surface area (TPSA) is 51.4 Å². The molecule has 0 aliphatic heterocycles. The summed E-state index contributed by atoms with van der Waals surface area (Å²) in [6.45, 7) is 8.12. The molecule has 1 heterocycles. The summed E-state index contributed by atoms with van der Waals surface area (Å²) >= 11 is 0. The van der Waals surface area contributed by atoms with Gasteiger partial charge in [0, 0.05) is 31.9 Å². The van der Waals surface area contributed by atoms with E-state index in [2.05, 4.69) is 36.7 Å². The van der Waals surface area contributed by atoms with E-state index >= 15 is 0 Å². The van der Waals surface area contributed by atoms with E-state index in [1.165, 1.54) is 5.56 Å². The van der Waals surface area contributed by atoms with Gasteiger partial charge in [-0.25, -0.2) is 4.98 Å². The van der Waals surface area contributed by atoms with Crippen molar-refractivity contribution >= 4 is 5.82 Å². The minimum absolute atomic E-state index is 0.194. The van der Waals surface area contributed by atoms with Crippen molar-refractivity contribution in [1.82, 2.24) is 4.98 Å². The lowest BCUT2D eigenvalue weighted by Gasteiger charge is -2.31. The number of anilines is 1. The van der Waals surface area contributed by atoms with Gasteiger partial charge in [0.25, 0.3) is 0 Å². The molecule has 0 spiro atoms. The van der Waals surface area contributed by atoms with E-state index < -0.39 is 0 Å². The monoisotopic (exact) mass is 279 g/mol. The van der Waals surface area contributed by atoms with Gasteiger partial charge in [-0.05, 0) is 37.8 Å². The fraction of sp³-hybridized carbons (Fsp3) is 0.688. The molecule has 2 N–H and O–H groups in total. The van der Waals surface area contributed by atoms with Crippen LogP contribution in [0.15, 0.2) is 18.3 Å². The van der Waals surface area contributed by atoms with Gasteiger partial charge in [0.2, 0.25) is 0 Å². The van der Waals surface area contributed by atoms with E-state index in [0.717, 1.165) is 31.6 Å². The molecule has 0 bridgehead atoms. The number of rotatable bonds is 9. The normalized spacial score (nSPS) is 14.1. The SMILES string of the molecule is CCC(N)Cc1cccnc1N(CCOC)C(C)CC. The first-order valence-corrected chi connectivity index (χ1v) is 7.59. The highest BCUT2D eigenvalue weighted by atomic mass is 16.5. The lowest BCUT2D eigenvalue weighted by atomic mass is 10.0. The molecule has 1 aromatic heterocycles. The molecule has 4 heteroatoms. The van der Waals surface area contributed by atoms with Crippen molar-refractivity contribution in [2.75, 3.05) is 25.2 Å². The highest BCUT2D eigenvalue weighted by Gasteiger charge is 2.18. The Morgan fingerprint density at radius 3 is 2.70 bits per heavy atom. The quantitative estimate of drug-likeness (QED) is 0.755. The van der Waals surface area contributed by atoms with Crippen molar-refractivity contribution in [2.45, 2.75) is 52.1 Å². The minimum Gasteiger partial charge on any atom is -0.383 e. The van der Waals surface area contributed by atoms with Crippen LogP contribution in [-0.4, -0.2) is 37.3 Å². The Balaban J connectivity index is 2.99. The Kier molecular flexibility index (Phi) is 7.55. The van der Waals surface area contributed by atoms with Gasteiger partial charge in [0.05, 0.1) is 6.61 Å². The van der Waals surface area contributed by atoms with E-state index in [0.29, 0.717) is 12.6 Å². The molecule has 2 atom stereocenters. The molecule has 0 saturated heterocycles. The molecule has 0 fully saturated rings. The van der Waals surface area contributed by atoms with Crippen molar-refractivity contribution in [3.8, 4) is 0 Å². The average molecular weight is 279 g/mol. The van der Waals surface area contributed by atoms with Crippen LogP contribution in [0, 0.1) is 0 Å². The van der Waals surface area contributed by atoms with Gasteiger partial charge in [-0.3, -0.25) is 0 Å². The summed E-state index contributed by atoms with van der Waals surface area (Å²) in [4.78, 5) is 6.94. The highest BCUT2D eigenvalue weighted by Crippen LogP contribution is 2.22. The van der Waals surface area contributed by atoms with Gasteiger partial charge >= 0.3 is 0 Å². The van der Waals surface area contributed by atoms with Gasteiger partial charge in [0.15, 0.2) is 0 Å². The van der Waals surface area contributed by atoms with Crippen LogP contribution in [0.4, 0.5) is 5.82 Å². The molecule has 0 aliphatic rings. The van der Waals surface area contributed by atoms with Crippen LogP contribution in [0.5, 0.6) is 0 Å². The second-order valence-electron chi connectivity index (χ2n) is 5.30. The smallest absolute Gasteiger partial charge is 0.132 e. The zero-order chi connectivity index (χ0) is 15.0. The van der Waals surface area contributed by atoms with Crippen molar-refractivity contribution in [1.29, 1.82) is 0 Å². The lowest BCUT2D eigenvalue weighted by molar-refractivity contribution is 0.203. The molecule has 0 aromatic carbocycles. The molecule has 114 valence electrons. The Morgan fingerprint density at radius 1 is 1.35 bits per heavy atom. The average Bonchev–Trinajstić information content (AvgIpc) is 2.48. The molecule has 1 rings (SSSR count). The summed E-state index contributed by atoms with van der Waals surface area (Å²) in [5.74, 6) is 1.06. The summed E-state index contributed by atoms with van der Waals surface area (Å²) in [5, 5.41) is 0. The summed E-state index contributed by atoms with van der Waals surface area (Å²) < 4.78 is 5.24. The molecule has 20 heavy (non-hydrogen) atoms. The third kappa shape index (κ3) is 4.76. The maximum Gasteiger partial charge on any atom is 0.132 e. The lowest BCUT2D eigenvalue weighted by Crippen LogP contribution is -2.37. The van der Waals surface area contributed by atoms with Gasteiger partial charge in [-0.15, -0.1) is 0 Å². The molecule has 0 radical (unpaired) electrons. The first kappa shape index (κ1) is 16.9. The molecular weight excluding hydrogens is 250 g/mol. The maximum absolute atomic E-state index is 6.11. The van der Waals surface area contributed by atoms with Crippen LogP contribution >= 0.6 is 0 Å². The van der Waals surface area contributed by atoms with E-state index in [-0.39, 0.29) is 6.04 Å². The standard InChI is InChI=1S/C16H29N3O/c1-5-13(3)19(10-11-20-4)16-14(8-7-9-18-16)12-15(17)6-2/h7-9,13,15H,5-6,10-12,17H2,1-4H3. The number of hydrogen-bond acceptors (Lipinski definition) is 4. The number of pyridine rings is 1. The second-order valence-corrected chi connectivity index (χ2v) is 5.30. The Hall–Kier alpha value is -1.13. The predicted octanol–water partition coefficient (Wildman–Crippen LogP) is 2.61. The van der Waals surface area contributed by atoms with E-state index in [1.54, 1.807) is 7.11 Å². The summed E-state index contributed by atoms with van der Waals surface area (Å²) in [7, 11) is 1.74. The van der Waals surface area contributed by atoms with Crippen molar-refractivity contribution in [2.24, 2.45) is 5.73 Å². The number of ether oxygens (including phenoxy) is 1. The fourth-order valence-electron chi connectivity index (χ4n) is 2.22. The second kappa shape index (κ2) is 8.93. The van der Waals surface area contributed by atoms with Crippen molar-refractivity contribution in [3.63, 3.8) is 0 Å². The Labute approximate surface area is 123 Å². The van der Waals surface area contributed by atoms with Crippen molar-refractivity contribution < 1.29 is 4.74 Å². The molecular formula is C16H29N3O. The van der Waals surface area contributed by atoms with E-state index in [9.17, 15) is 0 Å². The highest BCUT2D eigenvalue weighted by molar-refractivity contribution is 5.48. The predicted molar refractivity (Wildman–Crippen MR) is 85.2 cm³/mol. The van der Waals surface area contributed by atoms with Crippen LogP contribution in [0.3, 0.4) is 0 Å². The summed E-state index contributed by atoms with van der Waals surface area (Å²) in [5.41, 5.74) is 7.35. The van der Waals surface area contributed by atoms with E-state index in [4.69, 9.17) is 10.5 Å². The fourth-order valence-corrected chi connectivity index (χ4v) is 2.22.